The van der Waals surface area contributed by atoms with Gasteiger partial charge in [0.1, 0.15) is 12.5 Å². The molecule has 2 N–H and O–H groups in total. The van der Waals surface area contributed by atoms with Crippen LogP contribution in [0.4, 0.5) is 0 Å². The molecule has 0 aromatic carbocycles. The van der Waals surface area contributed by atoms with Gasteiger partial charge in [0.2, 0.25) is 0 Å². The standard InChI is InChI=1S/C5H8N4/c1-4-5(8-2-6-1)9-3-7-4/h3,5-6,8H,1-2H2. The lowest BCUT2D eigenvalue weighted by molar-refractivity contribution is 0.546. The molecule has 2 aliphatic heterocycles. The van der Waals surface area contributed by atoms with Crippen molar-refractivity contribution in [1.82, 2.24) is 10.6 Å². The number of rotatable bonds is 0. The molecule has 1 fully saturated rings. The Morgan fingerprint density at radius 1 is 1.67 bits per heavy atom. The second-order valence-corrected chi connectivity index (χ2v) is 2.10. The molecule has 2 aliphatic rings. The number of nitrogens with one attached hydrogen (secondary N) is 2. The summed E-state index contributed by atoms with van der Waals surface area (Å²) in [4.78, 5) is 8.14. The molecule has 1 unspecified atom stereocenters. The second kappa shape index (κ2) is 1.89. The summed E-state index contributed by atoms with van der Waals surface area (Å²) in [6, 6.07) is 0. The molecular weight excluding hydrogens is 116 g/mol. The van der Waals surface area contributed by atoms with Gasteiger partial charge in [-0.2, -0.15) is 0 Å². The third-order valence-corrected chi connectivity index (χ3v) is 1.48. The highest BCUT2D eigenvalue weighted by Gasteiger charge is 2.19. The van der Waals surface area contributed by atoms with Crippen molar-refractivity contribution in [3.63, 3.8) is 0 Å². The Bertz CT molecular complexity index is 172. The van der Waals surface area contributed by atoms with E-state index in [9.17, 15) is 0 Å². The van der Waals surface area contributed by atoms with E-state index in [1.807, 2.05) is 0 Å². The average Bonchev–Trinajstić information content (AvgIpc) is 2.33. The van der Waals surface area contributed by atoms with Gasteiger partial charge in [0.25, 0.3) is 0 Å². The van der Waals surface area contributed by atoms with Crippen LogP contribution in [0.15, 0.2) is 9.98 Å². The zero-order valence-electron chi connectivity index (χ0n) is 4.96. The molecule has 0 aromatic rings. The zero-order valence-corrected chi connectivity index (χ0v) is 4.96. The zero-order chi connectivity index (χ0) is 6.10. The van der Waals surface area contributed by atoms with Gasteiger partial charge in [-0.1, -0.05) is 0 Å². The Kier molecular flexibility index (Phi) is 1.07. The van der Waals surface area contributed by atoms with E-state index in [1.165, 1.54) is 0 Å². The van der Waals surface area contributed by atoms with Crippen LogP contribution in [0.1, 0.15) is 0 Å². The van der Waals surface area contributed by atoms with Crippen molar-refractivity contribution in [1.29, 1.82) is 0 Å². The quantitative estimate of drug-likeness (QED) is 0.432. The summed E-state index contributed by atoms with van der Waals surface area (Å²) in [6.45, 7) is 1.71. The van der Waals surface area contributed by atoms with E-state index in [0.29, 0.717) is 0 Å². The van der Waals surface area contributed by atoms with Crippen LogP contribution in [-0.4, -0.2) is 31.4 Å². The third-order valence-electron chi connectivity index (χ3n) is 1.48. The molecule has 1 atom stereocenters. The van der Waals surface area contributed by atoms with Crippen molar-refractivity contribution in [2.45, 2.75) is 6.17 Å². The largest absolute Gasteiger partial charge is 0.299 e. The third kappa shape index (κ3) is 0.760. The molecular formula is C5H8N4. The minimum atomic E-state index is 0.172. The van der Waals surface area contributed by atoms with E-state index in [-0.39, 0.29) is 6.17 Å². The van der Waals surface area contributed by atoms with Crippen molar-refractivity contribution in [2.24, 2.45) is 9.98 Å². The number of nitrogens with zero attached hydrogens (tertiary/aromatic N) is 2. The van der Waals surface area contributed by atoms with Gasteiger partial charge in [0.05, 0.1) is 5.71 Å². The highest BCUT2D eigenvalue weighted by molar-refractivity contribution is 6.00. The van der Waals surface area contributed by atoms with Gasteiger partial charge in [0.15, 0.2) is 0 Å². The monoisotopic (exact) mass is 124 g/mol. The van der Waals surface area contributed by atoms with Gasteiger partial charge in [-0.15, -0.1) is 0 Å². The second-order valence-electron chi connectivity index (χ2n) is 2.10. The molecule has 0 bridgehead atoms. The smallest absolute Gasteiger partial charge is 0.142 e. The van der Waals surface area contributed by atoms with Crippen LogP contribution in [0, 0.1) is 0 Å². The average molecular weight is 124 g/mol. The fraction of sp³-hybridized carbons (Fsp3) is 0.600. The van der Waals surface area contributed by atoms with E-state index >= 15 is 0 Å². The molecule has 48 valence electrons. The highest BCUT2D eigenvalue weighted by atomic mass is 15.2. The first-order chi connectivity index (χ1) is 4.47. The first-order valence-corrected chi connectivity index (χ1v) is 2.99. The highest BCUT2D eigenvalue weighted by Crippen LogP contribution is 1.99. The molecule has 0 saturated carbocycles. The maximum Gasteiger partial charge on any atom is 0.142 e. The van der Waals surface area contributed by atoms with E-state index in [4.69, 9.17) is 0 Å². The van der Waals surface area contributed by atoms with E-state index < -0.39 is 0 Å². The molecule has 0 amide bonds. The summed E-state index contributed by atoms with van der Waals surface area (Å²) < 4.78 is 0. The van der Waals surface area contributed by atoms with Gasteiger partial charge in [0, 0.05) is 13.2 Å². The summed E-state index contributed by atoms with van der Waals surface area (Å²) in [7, 11) is 0. The van der Waals surface area contributed by atoms with Gasteiger partial charge < -0.3 is 0 Å². The lowest BCUT2D eigenvalue weighted by Gasteiger charge is -2.19. The molecule has 9 heavy (non-hydrogen) atoms. The van der Waals surface area contributed by atoms with Crippen LogP contribution in [0.5, 0.6) is 0 Å². The minimum absolute atomic E-state index is 0.172. The summed E-state index contributed by atoms with van der Waals surface area (Å²) in [5, 5.41) is 6.28. The summed E-state index contributed by atoms with van der Waals surface area (Å²) in [5.41, 5.74) is 1.10. The molecule has 0 spiro atoms. The number of fused-ring (bicyclic) bond motifs is 1. The van der Waals surface area contributed by atoms with E-state index in [0.717, 1.165) is 18.9 Å². The van der Waals surface area contributed by atoms with Crippen molar-refractivity contribution >= 4 is 12.1 Å². The van der Waals surface area contributed by atoms with Crippen LogP contribution in [-0.2, 0) is 0 Å². The van der Waals surface area contributed by atoms with Crippen LogP contribution in [0.3, 0.4) is 0 Å². The Labute approximate surface area is 53.1 Å². The molecule has 0 aromatic heterocycles. The van der Waals surface area contributed by atoms with Crippen LogP contribution in [0.25, 0.3) is 0 Å². The van der Waals surface area contributed by atoms with E-state index in [1.54, 1.807) is 6.34 Å². The Balaban J connectivity index is 2.16. The van der Waals surface area contributed by atoms with Crippen molar-refractivity contribution in [2.75, 3.05) is 13.2 Å². The van der Waals surface area contributed by atoms with Crippen LogP contribution < -0.4 is 10.6 Å². The Morgan fingerprint density at radius 2 is 2.67 bits per heavy atom. The molecule has 4 heteroatoms. The van der Waals surface area contributed by atoms with Gasteiger partial charge in [-0.05, 0) is 0 Å². The number of hydrogen-bond donors (Lipinski definition) is 2. The normalized spacial score (nSPS) is 32.0. The Hall–Kier alpha value is -0.740. The van der Waals surface area contributed by atoms with Crippen molar-refractivity contribution in [3.8, 4) is 0 Å². The van der Waals surface area contributed by atoms with Gasteiger partial charge in [-0.3, -0.25) is 10.6 Å². The molecule has 0 radical (unpaired) electrons. The maximum atomic E-state index is 4.08. The lowest BCUT2D eigenvalue weighted by atomic mass is 10.3. The SMILES string of the molecule is C1=NC2NCNCC2=N1. The summed E-state index contributed by atoms with van der Waals surface area (Å²) in [6.07, 6.45) is 1.78. The number of hydrogen-bond acceptors (Lipinski definition) is 4. The van der Waals surface area contributed by atoms with Gasteiger partial charge in [-0.25, -0.2) is 9.98 Å². The first-order valence-electron chi connectivity index (χ1n) is 2.99. The molecule has 2 heterocycles. The minimum Gasteiger partial charge on any atom is -0.299 e. The van der Waals surface area contributed by atoms with Crippen LogP contribution >= 0.6 is 0 Å². The first kappa shape index (κ1) is 5.08. The fourth-order valence-corrected chi connectivity index (χ4v) is 1.00. The summed E-state index contributed by atoms with van der Waals surface area (Å²) >= 11 is 0. The lowest BCUT2D eigenvalue weighted by Crippen LogP contribution is -2.49. The van der Waals surface area contributed by atoms with E-state index in [2.05, 4.69) is 20.6 Å². The predicted molar refractivity (Wildman–Crippen MR) is 35.7 cm³/mol. The molecule has 2 rings (SSSR count). The van der Waals surface area contributed by atoms with Gasteiger partial charge >= 0.3 is 0 Å². The topological polar surface area (TPSA) is 48.8 Å². The molecule has 0 aliphatic carbocycles. The van der Waals surface area contributed by atoms with Crippen LogP contribution in [0.2, 0.25) is 0 Å². The maximum absolute atomic E-state index is 4.08. The predicted octanol–water partition coefficient (Wildman–Crippen LogP) is -1.05. The molecule has 4 nitrogen and oxygen atoms in total. The summed E-state index contributed by atoms with van der Waals surface area (Å²) in [5.74, 6) is 0. The Morgan fingerprint density at radius 3 is 3.56 bits per heavy atom. The van der Waals surface area contributed by atoms with Crippen molar-refractivity contribution in [3.05, 3.63) is 0 Å². The van der Waals surface area contributed by atoms with Crippen molar-refractivity contribution < 1.29 is 0 Å². The fourth-order valence-electron chi connectivity index (χ4n) is 1.00. The number of aliphatic imine (C=N–C) groups is 2. The molecule has 1 saturated heterocycles.